The predicted octanol–water partition coefficient (Wildman–Crippen LogP) is 3.66. The van der Waals surface area contributed by atoms with Gasteiger partial charge in [-0.2, -0.15) is 0 Å². The first-order valence-electron chi connectivity index (χ1n) is 5.34. The molecule has 84 valence electrons. The fourth-order valence-corrected chi connectivity index (χ4v) is 2.40. The van der Waals surface area contributed by atoms with Crippen LogP contribution < -0.4 is 5.32 Å². The van der Waals surface area contributed by atoms with E-state index in [0.29, 0.717) is 0 Å². The summed E-state index contributed by atoms with van der Waals surface area (Å²) in [5.41, 5.74) is 2.14. The number of halogens is 1. The summed E-state index contributed by atoms with van der Waals surface area (Å²) in [5, 5.41) is 5.28. The Morgan fingerprint density at radius 3 is 2.88 bits per heavy atom. The van der Waals surface area contributed by atoms with E-state index in [0.717, 1.165) is 29.1 Å². The van der Waals surface area contributed by atoms with Crippen LogP contribution in [0.4, 0.5) is 4.39 Å². The van der Waals surface area contributed by atoms with Crippen molar-refractivity contribution >= 4 is 11.3 Å². The van der Waals surface area contributed by atoms with E-state index in [-0.39, 0.29) is 5.82 Å². The minimum absolute atomic E-state index is 0.177. The quantitative estimate of drug-likeness (QED) is 0.852. The lowest BCUT2D eigenvalue weighted by Gasteiger charge is -2.08. The number of hydrogen-bond donors (Lipinski definition) is 1. The first-order chi connectivity index (χ1) is 7.81. The summed E-state index contributed by atoms with van der Waals surface area (Å²) in [4.78, 5) is 1.12. The molecule has 2 rings (SSSR count). The van der Waals surface area contributed by atoms with Gasteiger partial charge >= 0.3 is 0 Å². The van der Waals surface area contributed by atoms with E-state index < -0.39 is 0 Å². The average molecular weight is 235 g/mol. The second kappa shape index (κ2) is 5.23. The average Bonchev–Trinajstić information content (AvgIpc) is 2.80. The molecule has 0 spiro atoms. The molecule has 0 bridgehead atoms. The molecule has 2 aromatic rings. The topological polar surface area (TPSA) is 12.0 Å². The van der Waals surface area contributed by atoms with E-state index in [9.17, 15) is 4.39 Å². The molecule has 0 aliphatic carbocycles. The van der Waals surface area contributed by atoms with E-state index in [1.54, 1.807) is 17.4 Å². The lowest BCUT2D eigenvalue weighted by Crippen LogP contribution is -2.12. The van der Waals surface area contributed by atoms with Crippen LogP contribution in [-0.4, -0.2) is 6.54 Å². The molecule has 0 aliphatic heterocycles. The second-order valence-electron chi connectivity index (χ2n) is 3.56. The molecule has 16 heavy (non-hydrogen) atoms. The number of benzene rings is 1. The zero-order valence-corrected chi connectivity index (χ0v) is 9.98. The molecule has 0 fully saturated rings. The van der Waals surface area contributed by atoms with E-state index in [1.165, 1.54) is 6.07 Å². The van der Waals surface area contributed by atoms with Gasteiger partial charge in [-0.15, -0.1) is 11.3 Å². The number of nitrogens with one attached hydrogen (secondary N) is 1. The molecule has 1 aromatic carbocycles. The van der Waals surface area contributed by atoms with Crippen molar-refractivity contribution in [3.63, 3.8) is 0 Å². The molecule has 0 saturated carbocycles. The van der Waals surface area contributed by atoms with Crippen LogP contribution in [0.5, 0.6) is 0 Å². The van der Waals surface area contributed by atoms with Crippen LogP contribution >= 0.6 is 11.3 Å². The summed E-state index contributed by atoms with van der Waals surface area (Å²) < 4.78 is 13.2. The van der Waals surface area contributed by atoms with Crippen molar-refractivity contribution < 1.29 is 4.39 Å². The molecule has 0 saturated heterocycles. The van der Waals surface area contributed by atoms with Crippen molar-refractivity contribution in [3.8, 4) is 10.4 Å². The number of thiophene rings is 1. The van der Waals surface area contributed by atoms with Crippen LogP contribution in [0.1, 0.15) is 12.5 Å². The Morgan fingerprint density at radius 1 is 1.31 bits per heavy atom. The zero-order valence-electron chi connectivity index (χ0n) is 9.16. The lowest BCUT2D eigenvalue weighted by molar-refractivity contribution is 0.626. The first-order valence-corrected chi connectivity index (χ1v) is 6.22. The first kappa shape index (κ1) is 11.3. The van der Waals surface area contributed by atoms with Crippen molar-refractivity contribution in [2.45, 2.75) is 13.5 Å². The predicted molar refractivity (Wildman–Crippen MR) is 67.1 cm³/mol. The van der Waals surface area contributed by atoms with Crippen molar-refractivity contribution in [1.82, 2.24) is 5.32 Å². The Labute approximate surface area is 98.9 Å². The van der Waals surface area contributed by atoms with Crippen LogP contribution in [-0.2, 0) is 6.54 Å². The molecular weight excluding hydrogens is 221 g/mol. The highest BCUT2D eigenvalue weighted by molar-refractivity contribution is 7.13. The zero-order chi connectivity index (χ0) is 11.4. The van der Waals surface area contributed by atoms with Crippen molar-refractivity contribution in [2.24, 2.45) is 0 Å². The van der Waals surface area contributed by atoms with Gasteiger partial charge in [0, 0.05) is 11.4 Å². The van der Waals surface area contributed by atoms with Gasteiger partial charge in [-0.25, -0.2) is 4.39 Å². The maximum Gasteiger partial charge on any atom is 0.123 e. The normalized spacial score (nSPS) is 10.6. The lowest BCUT2D eigenvalue weighted by atomic mass is 10.1. The SMILES string of the molecule is CCNCc1ccc(F)cc1-c1cccs1. The van der Waals surface area contributed by atoms with Crippen molar-refractivity contribution in [3.05, 3.63) is 47.1 Å². The Hall–Kier alpha value is -1.19. The van der Waals surface area contributed by atoms with Crippen LogP contribution in [0.15, 0.2) is 35.7 Å². The molecular formula is C13H14FNS. The van der Waals surface area contributed by atoms with Gasteiger partial charge in [0.2, 0.25) is 0 Å². The summed E-state index contributed by atoms with van der Waals surface area (Å²) in [6.45, 7) is 3.76. The summed E-state index contributed by atoms with van der Waals surface area (Å²) >= 11 is 1.64. The molecule has 0 aliphatic rings. The van der Waals surface area contributed by atoms with Gasteiger partial charge in [-0.3, -0.25) is 0 Å². The van der Waals surface area contributed by atoms with Gasteiger partial charge < -0.3 is 5.32 Å². The maximum atomic E-state index is 13.2. The van der Waals surface area contributed by atoms with Crippen LogP contribution in [0.25, 0.3) is 10.4 Å². The molecule has 0 amide bonds. The van der Waals surface area contributed by atoms with Crippen LogP contribution in [0.3, 0.4) is 0 Å². The summed E-state index contributed by atoms with van der Waals surface area (Å²) in [7, 11) is 0. The summed E-state index contributed by atoms with van der Waals surface area (Å²) in [6.07, 6.45) is 0. The van der Waals surface area contributed by atoms with Gasteiger partial charge in [0.1, 0.15) is 5.82 Å². The molecule has 3 heteroatoms. The van der Waals surface area contributed by atoms with Gasteiger partial charge in [-0.1, -0.05) is 19.1 Å². The third-order valence-electron chi connectivity index (χ3n) is 2.42. The molecule has 0 atom stereocenters. The molecule has 1 heterocycles. The highest BCUT2D eigenvalue weighted by Crippen LogP contribution is 2.28. The fourth-order valence-electron chi connectivity index (χ4n) is 1.62. The molecule has 1 aromatic heterocycles. The molecule has 1 nitrogen and oxygen atoms in total. The molecule has 1 N–H and O–H groups in total. The van der Waals surface area contributed by atoms with Gasteiger partial charge in [0.15, 0.2) is 0 Å². The second-order valence-corrected chi connectivity index (χ2v) is 4.51. The van der Waals surface area contributed by atoms with Crippen molar-refractivity contribution in [1.29, 1.82) is 0 Å². The van der Waals surface area contributed by atoms with E-state index in [1.807, 2.05) is 23.6 Å². The summed E-state index contributed by atoms with van der Waals surface area (Å²) in [5.74, 6) is -0.177. The maximum absolute atomic E-state index is 13.2. The van der Waals surface area contributed by atoms with Gasteiger partial charge in [-0.05, 0) is 41.3 Å². The fraction of sp³-hybridized carbons (Fsp3) is 0.231. The van der Waals surface area contributed by atoms with Crippen molar-refractivity contribution in [2.75, 3.05) is 6.54 Å². The minimum Gasteiger partial charge on any atom is -0.313 e. The molecule has 0 radical (unpaired) electrons. The Kier molecular flexibility index (Phi) is 3.70. The van der Waals surface area contributed by atoms with Crippen LogP contribution in [0.2, 0.25) is 0 Å². The summed E-state index contributed by atoms with van der Waals surface area (Å²) in [6, 6.07) is 8.99. The Morgan fingerprint density at radius 2 is 2.19 bits per heavy atom. The van der Waals surface area contributed by atoms with Crippen LogP contribution in [0, 0.1) is 5.82 Å². The monoisotopic (exact) mass is 235 g/mol. The van der Waals surface area contributed by atoms with Gasteiger partial charge in [0.25, 0.3) is 0 Å². The number of rotatable bonds is 4. The van der Waals surface area contributed by atoms with Gasteiger partial charge in [0.05, 0.1) is 0 Å². The minimum atomic E-state index is -0.177. The highest BCUT2D eigenvalue weighted by atomic mass is 32.1. The third-order valence-corrected chi connectivity index (χ3v) is 3.33. The Balaban J connectivity index is 2.37. The standard InChI is InChI=1S/C13H14FNS/c1-2-15-9-10-5-6-11(14)8-12(10)13-4-3-7-16-13/h3-8,15H,2,9H2,1H3. The number of hydrogen-bond acceptors (Lipinski definition) is 2. The van der Waals surface area contributed by atoms with E-state index >= 15 is 0 Å². The van der Waals surface area contributed by atoms with E-state index in [2.05, 4.69) is 12.2 Å². The molecule has 0 unspecified atom stereocenters. The third kappa shape index (κ3) is 2.49. The smallest absolute Gasteiger partial charge is 0.123 e. The largest absolute Gasteiger partial charge is 0.313 e. The van der Waals surface area contributed by atoms with E-state index in [4.69, 9.17) is 0 Å². The highest BCUT2D eigenvalue weighted by Gasteiger charge is 2.06. The Bertz CT molecular complexity index is 451.